The number of hydrogen-bond donors (Lipinski definition) is 1. The van der Waals surface area contributed by atoms with Gasteiger partial charge >= 0.3 is 0 Å². The highest BCUT2D eigenvalue weighted by molar-refractivity contribution is 9.10. The van der Waals surface area contributed by atoms with Crippen molar-refractivity contribution < 1.29 is 22.8 Å². The van der Waals surface area contributed by atoms with Crippen LogP contribution in [0, 0.1) is 10.1 Å². The minimum absolute atomic E-state index is 0.266. The standard InChI is InChI=1S/C15H14BrN3O6S/c1-24-14-7-10(6-13(16)15(14)25-2)9-17-18-26(22,23)12-5-3-4-11(8-12)19(20)21/h3-9,18H,1-2H3/b17-9+. The van der Waals surface area contributed by atoms with Gasteiger partial charge in [-0.25, -0.2) is 4.83 Å². The molecule has 0 fully saturated rings. The summed E-state index contributed by atoms with van der Waals surface area (Å²) in [5, 5.41) is 14.4. The largest absolute Gasteiger partial charge is 0.493 e. The van der Waals surface area contributed by atoms with Crippen molar-refractivity contribution in [1.29, 1.82) is 0 Å². The molecule has 0 saturated carbocycles. The number of ether oxygens (including phenoxy) is 2. The molecular weight excluding hydrogens is 430 g/mol. The number of nitro groups is 1. The molecule has 2 rings (SSSR count). The highest BCUT2D eigenvalue weighted by Crippen LogP contribution is 2.35. The van der Waals surface area contributed by atoms with E-state index >= 15 is 0 Å². The molecule has 0 unspecified atom stereocenters. The van der Waals surface area contributed by atoms with Gasteiger partial charge in [0, 0.05) is 12.1 Å². The Morgan fingerprint density at radius 2 is 1.96 bits per heavy atom. The van der Waals surface area contributed by atoms with Gasteiger partial charge in [0.2, 0.25) is 0 Å². The number of benzene rings is 2. The van der Waals surface area contributed by atoms with Crippen LogP contribution >= 0.6 is 15.9 Å². The Morgan fingerprint density at radius 3 is 2.58 bits per heavy atom. The number of hydrogen-bond acceptors (Lipinski definition) is 7. The summed E-state index contributed by atoms with van der Waals surface area (Å²) >= 11 is 3.32. The summed E-state index contributed by atoms with van der Waals surface area (Å²) in [4.78, 5) is 11.8. The maximum atomic E-state index is 12.2. The van der Waals surface area contributed by atoms with Crippen molar-refractivity contribution in [2.75, 3.05) is 14.2 Å². The zero-order valence-electron chi connectivity index (χ0n) is 13.7. The molecule has 0 aliphatic carbocycles. The number of methoxy groups -OCH3 is 2. The van der Waals surface area contributed by atoms with Crippen molar-refractivity contribution in [3.63, 3.8) is 0 Å². The lowest BCUT2D eigenvalue weighted by atomic mass is 10.2. The molecule has 2 aromatic carbocycles. The van der Waals surface area contributed by atoms with E-state index in [1.165, 1.54) is 38.6 Å². The summed E-state index contributed by atoms with van der Waals surface area (Å²) < 4.78 is 35.3. The number of sulfonamides is 1. The normalized spacial score (nSPS) is 11.3. The van der Waals surface area contributed by atoms with Gasteiger partial charge in [0.25, 0.3) is 15.7 Å². The number of rotatable bonds is 7. The molecule has 11 heteroatoms. The molecular formula is C15H14BrN3O6S. The van der Waals surface area contributed by atoms with Crippen LogP contribution < -0.4 is 14.3 Å². The molecule has 0 heterocycles. The van der Waals surface area contributed by atoms with E-state index in [9.17, 15) is 18.5 Å². The number of nitro benzene ring substituents is 1. The molecule has 26 heavy (non-hydrogen) atoms. The fourth-order valence-electron chi connectivity index (χ4n) is 2.00. The van der Waals surface area contributed by atoms with Gasteiger partial charge < -0.3 is 9.47 Å². The van der Waals surface area contributed by atoms with Gasteiger partial charge in [-0.3, -0.25) is 10.1 Å². The average Bonchev–Trinajstić information content (AvgIpc) is 2.61. The second-order valence-electron chi connectivity index (χ2n) is 4.85. The van der Waals surface area contributed by atoms with E-state index < -0.39 is 14.9 Å². The van der Waals surface area contributed by atoms with Crippen molar-refractivity contribution in [3.05, 3.63) is 56.5 Å². The number of nitrogens with one attached hydrogen (secondary N) is 1. The summed E-state index contributed by atoms with van der Waals surface area (Å²) in [6, 6.07) is 7.93. The topological polar surface area (TPSA) is 120 Å². The molecule has 0 aromatic heterocycles. The van der Waals surface area contributed by atoms with Gasteiger partial charge in [-0.15, -0.1) is 0 Å². The molecule has 0 saturated heterocycles. The third-order valence-electron chi connectivity index (χ3n) is 3.18. The van der Waals surface area contributed by atoms with Crippen LogP contribution in [0.15, 0.2) is 50.9 Å². The molecule has 0 aliphatic rings. The molecule has 0 aliphatic heterocycles. The molecule has 0 amide bonds. The first-order valence-corrected chi connectivity index (χ1v) is 9.27. The second-order valence-corrected chi connectivity index (χ2v) is 7.36. The minimum atomic E-state index is -4.05. The van der Waals surface area contributed by atoms with Gasteiger partial charge in [0.15, 0.2) is 11.5 Å². The summed E-state index contributed by atoms with van der Waals surface area (Å²) in [5.41, 5.74) is 0.206. The van der Waals surface area contributed by atoms with Crippen LogP contribution in [0.4, 0.5) is 5.69 Å². The lowest BCUT2D eigenvalue weighted by Crippen LogP contribution is -2.18. The minimum Gasteiger partial charge on any atom is -0.493 e. The second kappa shape index (κ2) is 8.15. The smallest absolute Gasteiger partial charge is 0.276 e. The van der Waals surface area contributed by atoms with Crippen LogP contribution in [0.2, 0.25) is 0 Å². The predicted molar refractivity (Wildman–Crippen MR) is 98.3 cm³/mol. The van der Waals surface area contributed by atoms with Crippen LogP contribution in [0.5, 0.6) is 11.5 Å². The van der Waals surface area contributed by atoms with Gasteiger partial charge in [-0.2, -0.15) is 13.5 Å². The highest BCUT2D eigenvalue weighted by Gasteiger charge is 2.17. The molecule has 0 radical (unpaired) electrons. The van der Waals surface area contributed by atoms with Crippen LogP contribution in [0.1, 0.15) is 5.56 Å². The first-order valence-electron chi connectivity index (χ1n) is 6.99. The maximum Gasteiger partial charge on any atom is 0.276 e. The fraction of sp³-hybridized carbons (Fsp3) is 0.133. The summed E-state index contributed by atoms with van der Waals surface area (Å²) in [6.45, 7) is 0. The Bertz CT molecular complexity index is 962. The Hall–Kier alpha value is -2.66. The van der Waals surface area contributed by atoms with E-state index in [1.54, 1.807) is 12.1 Å². The van der Waals surface area contributed by atoms with E-state index in [2.05, 4.69) is 21.0 Å². The highest BCUT2D eigenvalue weighted by atomic mass is 79.9. The molecule has 1 N–H and O–H groups in total. The van der Waals surface area contributed by atoms with E-state index in [4.69, 9.17) is 9.47 Å². The maximum absolute atomic E-state index is 12.2. The van der Waals surface area contributed by atoms with Crippen molar-refractivity contribution in [3.8, 4) is 11.5 Å². The fourth-order valence-corrected chi connectivity index (χ4v) is 3.45. The van der Waals surface area contributed by atoms with Crippen LogP contribution in [0.3, 0.4) is 0 Å². The molecule has 0 atom stereocenters. The zero-order valence-corrected chi connectivity index (χ0v) is 16.1. The first-order chi connectivity index (χ1) is 12.3. The average molecular weight is 444 g/mol. The van der Waals surface area contributed by atoms with Gasteiger partial charge in [-0.05, 0) is 39.7 Å². The van der Waals surface area contributed by atoms with Crippen LogP contribution in [-0.2, 0) is 10.0 Å². The lowest BCUT2D eigenvalue weighted by Gasteiger charge is -2.10. The molecule has 0 spiro atoms. The van der Waals surface area contributed by atoms with Gasteiger partial charge in [0.05, 0.1) is 34.7 Å². The van der Waals surface area contributed by atoms with E-state index in [0.29, 0.717) is 21.5 Å². The van der Waals surface area contributed by atoms with Crippen molar-refractivity contribution in [2.45, 2.75) is 4.90 Å². The molecule has 2 aromatic rings. The van der Waals surface area contributed by atoms with Crippen LogP contribution in [-0.4, -0.2) is 33.8 Å². The quantitative estimate of drug-likeness (QED) is 0.398. The first kappa shape index (κ1) is 19.7. The number of halogens is 1. The third kappa shape index (κ3) is 4.49. The molecule has 0 bridgehead atoms. The zero-order chi connectivity index (χ0) is 19.3. The summed E-state index contributed by atoms with van der Waals surface area (Å²) in [5.74, 6) is 0.923. The van der Waals surface area contributed by atoms with Gasteiger partial charge in [-0.1, -0.05) is 6.07 Å². The van der Waals surface area contributed by atoms with E-state index in [0.717, 1.165) is 6.07 Å². The summed E-state index contributed by atoms with van der Waals surface area (Å²) in [6.07, 6.45) is 1.27. The van der Waals surface area contributed by atoms with E-state index in [1.807, 2.05) is 4.83 Å². The number of hydrazone groups is 1. The Labute approximate surface area is 158 Å². The van der Waals surface area contributed by atoms with Crippen molar-refractivity contribution >= 4 is 37.9 Å². The lowest BCUT2D eigenvalue weighted by molar-refractivity contribution is -0.385. The van der Waals surface area contributed by atoms with Gasteiger partial charge in [0.1, 0.15) is 0 Å². The van der Waals surface area contributed by atoms with Crippen molar-refractivity contribution in [2.24, 2.45) is 5.10 Å². The van der Waals surface area contributed by atoms with E-state index in [-0.39, 0.29) is 10.6 Å². The molecule has 9 nitrogen and oxygen atoms in total. The number of non-ortho nitro benzene ring substituents is 1. The Balaban J connectivity index is 2.23. The predicted octanol–water partition coefficient (Wildman–Crippen LogP) is 2.69. The SMILES string of the molecule is COc1cc(/C=N/NS(=O)(=O)c2cccc([N+](=O)[O-])c2)cc(Br)c1OC. The van der Waals surface area contributed by atoms with Crippen LogP contribution in [0.25, 0.3) is 0 Å². The monoisotopic (exact) mass is 443 g/mol. The Kier molecular flexibility index (Phi) is 6.16. The third-order valence-corrected chi connectivity index (χ3v) is 4.99. The summed E-state index contributed by atoms with van der Waals surface area (Å²) in [7, 11) is -1.09. The Morgan fingerprint density at radius 1 is 1.23 bits per heavy atom. The van der Waals surface area contributed by atoms with Crippen molar-refractivity contribution in [1.82, 2.24) is 4.83 Å². The number of nitrogens with zero attached hydrogens (tertiary/aromatic N) is 2. The molecule has 138 valence electrons.